The molecule has 0 saturated heterocycles. The summed E-state index contributed by atoms with van der Waals surface area (Å²) in [6.07, 6.45) is 3.54. The highest BCUT2D eigenvalue weighted by Gasteiger charge is 2.38. The molecule has 2 aromatic rings. The van der Waals surface area contributed by atoms with E-state index in [1.807, 2.05) is 48.5 Å². The van der Waals surface area contributed by atoms with Gasteiger partial charge in [0, 0.05) is 24.7 Å². The topological polar surface area (TPSA) is 551 Å². The van der Waals surface area contributed by atoms with E-state index in [-0.39, 0.29) is 93.4 Å². The molecule has 1 aromatic carbocycles. The van der Waals surface area contributed by atoms with E-state index in [9.17, 15) is 77.0 Å². The number of amides is 15. The summed E-state index contributed by atoms with van der Waals surface area (Å²) in [4.78, 5) is 213. The molecule has 624 valence electrons. The van der Waals surface area contributed by atoms with Gasteiger partial charge in [-0.1, -0.05) is 147 Å². The number of carbonyl (C=O) groups is 15. The molecule has 16 atom stereocenters. The Morgan fingerprint density at radius 3 is 1.24 bits per heavy atom. The quantitative estimate of drug-likeness (QED) is 0.0337. The second-order valence-electron chi connectivity index (χ2n) is 30.5. The molecule has 0 unspecified atom stereocenters. The van der Waals surface area contributed by atoms with Crippen molar-refractivity contribution in [3.8, 4) is 0 Å². The first kappa shape index (κ1) is 97.4. The first-order valence-corrected chi connectivity index (χ1v) is 38.7. The largest absolute Gasteiger partial charge is 0.391 e. The van der Waals surface area contributed by atoms with Crippen molar-refractivity contribution in [2.75, 3.05) is 26.2 Å². The van der Waals surface area contributed by atoms with Crippen LogP contribution in [0.4, 0.5) is 0 Å². The van der Waals surface area contributed by atoms with Crippen LogP contribution in [0.2, 0.25) is 0 Å². The molecule has 2 rings (SSSR count). The molecular weight excluding hydrogens is 1430 g/mol. The fourth-order valence-corrected chi connectivity index (χ4v) is 11.6. The van der Waals surface area contributed by atoms with Crippen LogP contribution in [0.1, 0.15) is 186 Å². The Bertz CT molecular complexity index is 3340. The Morgan fingerprint density at radius 1 is 0.414 bits per heavy atom. The van der Waals surface area contributed by atoms with Crippen molar-refractivity contribution in [3.63, 3.8) is 0 Å². The number of primary amides is 1. The summed E-state index contributed by atoms with van der Waals surface area (Å²) in [6.45, 7) is 26.1. The number of hydrogen-bond acceptors (Lipinski definition) is 19. The molecule has 0 aliphatic heterocycles. The van der Waals surface area contributed by atoms with Gasteiger partial charge in [-0.05, 0) is 112 Å². The normalized spacial score (nSPS) is 15.7. The number of benzene rings is 1. The molecule has 1 heterocycles. The molecule has 0 bridgehead atoms. The van der Waals surface area contributed by atoms with Gasteiger partial charge in [0.1, 0.15) is 66.5 Å². The fraction of sp³-hybridized carbons (Fsp3) is 0.684. The average molecular weight is 1560 g/mol. The van der Waals surface area contributed by atoms with Gasteiger partial charge in [0.05, 0.1) is 38.1 Å². The van der Waals surface area contributed by atoms with Gasteiger partial charge in [0.2, 0.25) is 88.6 Å². The second-order valence-corrected chi connectivity index (χ2v) is 30.5. The lowest BCUT2D eigenvalue weighted by atomic mass is 9.95. The van der Waals surface area contributed by atoms with E-state index in [1.165, 1.54) is 26.4 Å². The number of rotatable bonds is 52. The molecule has 0 aliphatic rings. The van der Waals surface area contributed by atoms with Gasteiger partial charge < -0.3 is 102 Å². The SMILES string of the molecule is CC[C@H](C)[C@H](N)C(=O)N[C@H](C(=O)NCC(=O)N[C@@H](Cc1cnc[nH]1)C(=O)N[C@@H](CC(C)C)C(=O)N[C@H](C(=O)N[C@@H](CCCCN)C(=O)N[C@H](C(=O)N[C@@H](C)C(=O)N[C@@H](CC(C)C)C(=O)NCC(=O)N[C@@H](Cc1ccccc1)C(=O)N[C@@H](CC(C)C)C(=O)NCC(=O)N[C@@H](CC(C)C)C(N)=O)[C@@H](C)O)[C@@H](C)CC)[C@@H](C)CC. The number of hydrogen-bond donors (Lipinski definition) is 19. The Kier molecular flexibility index (Phi) is 44.1. The molecule has 35 nitrogen and oxygen atoms in total. The number of imidazole rings is 1. The summed E-state index contributed by atoms with van der Waals surface area (Å²) < 4.78 is 0. The number of nitrogens with two attached hydrogens (primary N) is 3. The summed E-state index contributed by atoms with van der Waals surface area (Å²) in [5.74, 6) is -13.5. The van der Waals surface area contributed by atoms with Gasteiger partial charge in [-0.3, -0.25) is 71.9 Å². The molecule has 22 N–H and O–H groups in total. The zero-order chi connectivity index (χ0) is 83.9. The third-order valence-corrected chi connectivity index (χ3v) is 18.8. The molecule has 0 saturated carbocycles. The van der Waals surface area contributed by atoms with Crippen LogP contribution in [0.3, 0.4) is 0 Å². The van der Waals surface area contributed by atoms with Crippen LogP contribution in [0.15, 0.2) is 42.9 Å². The van der Waals surface area contributed by atoms with Crippen molar-refractivity contribution < 1.29 is 77.0 Å². The number of aliphatic hydroxyl groups is 1. The van der Waals surface area contributed by atoms with Crippen LogP contribution in [-0.4, -0.2) is 208 Å². The van der Waals surface area contributed by atoms with E-state index in [2.05, 4.69) is 84.4 Å². The molecule has 15 amide bonds. The number of nitrogens with zero attached hydrogens (tertiary/aromatic N) is 1. The minimum atomic E-state index is -1.75. The van der Waals surface area contributed by atoms with E-state index in [1.54, 1.807) is 78.8 Å². The number of aromatic nitrogens is 2. The predicted molar refractivity (Wildman–Crippen MR) is 416 cm³/mol. The van der Waals surface area contributed by atoms with Crippen molar-refractivity contribution in [1.29, 1.82) is 0 Å². The highest BCUT2D eigenvalue weighted by Crippen LogP contribution is 2.17. The number of unbranched alkanes of at least 4 members (excludes halogenated alkanes) is 1. The van der Waals surface area contributed by atoms with Crippen LogP contribution < -0.4 is 91.6 Å². The highest BCUT2D eigenvalue weighted by molar-refractivity contribution is 6.00. The maximum Gasteiger partial charge on any atom is 0.245 e. The number of carbonyl (C=O) groups excluding carboxylic acids is 15. The van der Waals surface area contributed by atoms with E-state index in [4.69, 9.17) is 17.2 Å². The number of aliphatic hydroxyl groups excluding tert-OH is 1. The van der Waals surface area contributed by atoms with Gasteiger partial charge in [-0.2, -0.15) is 0 Å². The maximum atomic E-state index is 14.6. The second kappa shape index (κ2) is 50.3. The zero-order valence-electron chi connectivity index (χ0n) is 67.7. The van der Waals surface area contributed by atoms with E-state index in [0.717, 1.165) is 0 Å². The van der Waals surface area contributed by atoms with Crippen molar-refractivity contribution in [1.82, 2.24) is 84.4 Å². The molecule has 0 radical (unpaired) electrons. The first-order valence-electron chi connectivity index (χ1n) is 38.7. The Morgan fingerprint density at radius 2 is 0.802 bits per heavy atom. The van der Waals surface area contributed by atoms with Crippen LogP contribution in [-0.2, 0) is 84.8 Å². The molecule has 111 heavy (non-hydrogen) atoms. The monoisotopic (exact) mass is 1560 g/mol. The minimum Gasteiger partial charge on any atom is -0.391 e. The maximum absolute atomic E-state index is 14.6. The lowest BCUT2D eigenvalue weighted by molar-refractivity contribution is -0.137. The van der Waals surface area contributed by atoms with Gasteiger partial charge in [0.15, 0.2) is 0 Å². The molecule has 35 heteroatoms. The number of H-pyrrole nitrogens is 1. The predicted octanol–water partition coefficient (Wildman–Crippen LogP) is -1.46. The van der Waals surface area contributed by atoms with E-state index >= 15 is 0 Å². The lowest BCUT2D eigenvalue weighted by Gasteiger charge is -2.30. The standard InChI is InChI=1S/C76H129N19O16/c1-17-44(12)61(78)73(108)94-62(45(13)18-2)74(109)83-38-60(99)88-57(34-50-35-80-39-84-50)71(106)92-55(32-43(10)11)72(107)93-63(46(14)19-3)75(110)89-51(27-23-24-28-77)69(104)95-64(48(16)96)76(111)85-47(15)66(101)90-53(30-41(6)7)67(102)82-37-59(98)87-56(33-49-25-21-20-22-26-49)70(105)91-54(31-42(8)9)68(103)81-36-58(97)86-52(65(79)100)29-40(4)5/h20-22,25-26,35,39-48,51-57,61-64,96H,17-19,23-24,27-34,36-38,77-78H2,1-16H3,(H2,79,100)(H,80,84)(H,81,103)(H,82,102)(H,83,109)(H,85,111)(H,86,97)(H,87,98)(H,88,99)(H,89,110)(H,90,101)(H,91,105)(H,92,106)(H,93,107)(H,94,108)(H,95,104)/t44-,45-,46-,47-,48+,51-,52-,53-,54-,55-,56-,57-,61-,62-,63-,64-/m0/s1. The summed E-state index contributed by atoms with van der Waals surface area (Å²) in [7, 11) is 0. The molecule has 1 aromatic heterocycles. The van der Waals surface area contributed by atoms with Gasteiger partial charge in [-0.15, -0.1) is 0 Å². The van der Waals surface area contributed by atoms with Crippen molar-refractivity contribution in [2.45, 2.75) is 266 Å². The smallest absolute Gasteiger partial charge is 0.245 e. The summed E-state index contributed by atoms with van der Waals surface area (Å²) in [5, 5.41) is 47.5. The van der Waals surface area contributed by atoms with Crippen LogP contribution >= 0.6 is 0 Å². The van der Waals surface area contributed by atoms with Crippen molar-refractivity contribution in [2.24, 2.45) is 58.6 Å². The number of nitrogens with one attached hydrogen (secondary N) is 15. The molecular formula is C76H129N19O16. The van der Waals surface area contributed by atoms with Crippen LogP contribution in [0, 0.1) is 41.4 Å². The molecule has 0 fully saturated rings. The van der Waals surface area contributed by atoms with E-state index in [0.29, 0.717) is 36.9 Å². The Balaban J connectivity index is 2.32. The van der Waals surface area contributed by atoms with Crippen molar-refractivity contribution >= 4 is 88.6 Å². The number of aromatic amines is 1. The summed E-state index contributed by atoms with van der Waals surface area (Å²) >= 11 is 0. The van der Waals surface area contributed by atoms with E-state index < -0.39 is 193 Å². The third-order valence-electron chi connectivity index (χ3n) is 18.8. The van der Waals surface area contributed by atoms with Crippen LogP contribution in [0.25, 0.3) is 0 Å². The van der Waals surface area contributed by atoms with Gasteiger partial charge in [-0.25, -0.2) is 4.98 Å². The minimum absolute atomic E-state index is 0.0208. The summed E-state index contributed by atoms with van der Waals surface area (Å²) in [6, 6.07) is -6.61. The van der Waals surface area contributed by atoms with Gasteiger partial charge in [0.25, 0.3) is 0 Å². The van der Waals surface area contributed by atoms with Gasteiger partial charge >= 0.3 is 0 Å². The Hall–Kier alpha value is -9.64. The average Bonchev–Trinajstić information content (AvgIpc) is 0.881. The van der Waals surface area contributed by atoms with Crippen molar-refractivity contribution in [3.05, 3.63) is 54.1 Å². The lowest BCUT2D eigenvalue weighted by Crippen LogP contribution is -2.62. The summed E-state index contributed by atoms with van der Waals surface area (Å²) in [5.41, 5.74) is 18.5. The molecule has 0 spiro atoms. The molecule has 0 aliphatic carbocycles. The Labute approximate surface area is 652 Å². The zero-order valence-corrected chi connectivity index (χ0v) is 67.7. The van der Waals surface area contributed by atoms with Crippen LogP contribution in [0.5, 0.6) is 0 Å². The third kappa shape index (κ3) is 36.4. The fourth-order valence-electron chi connectivity index (χ4n) is 11.6. The highest BCUT2D eigenvalue weighted by atomic mass is 16.3. The first-order chi connectivity index (χ1) is 52.2.